The summed E-state index contributed by atoms with van der Waals surface area (Å²) in [4.78, 5) is 14.8. The van der Waals surface area contributed by atoms with Gasteiger partial charge in [0.25, 0.3) is 0 Å². The number of hydrogen-bond acceptors (Lipinski definition) is 4. The van der Waals surface area contributed by atoms with Gasteiger partial charge in [-0.15, -0.1) is 0 Å². The van der Waals surface area contributed by atoms with Crippen molar-refractivity contribution in [1.82, 2.24) is 4.98 Å². The highest BCUT2D eigenvalue weighted by Gasteiger charge is 2.31. The highest BCUT2D eigenvalue weighted by atomic mass is 19.4. The number of nitrogens with zero attached hydrogens (tertiary/aromatic N) is 2. The SMILES string of the molecule is Cc1nc(OCc2cc(C(F)(F)F)ccc2F)c(C#N)cc1C(=O)O. The number of aromatic nitrogens is 1. The lowest BCUT2D eigenvalue weighted by molar-refractivity contribution is -0.137. The lowest BCUT2D eigenvalue weighted by Crippen LogP contribution is -2.09. The van der Waals surface area contributed by atoms with Crippen LogP contribution in [0, 0.1) is 24.1 Å². The normalized spacial score (nSPS) is 11.0. The minimum Gasteiger partial charge on any atom is -0.478 e. The molecule has 2 rings (SSSR count). The third-order valence-corrected chi connectivity index (χ3v) is 3.27. The Balaban J connectivity index is 2.32. The summed E-state index contributed by atoms with van der Waals surface area (Å²) in [5.74, 6) is -2.50. The van der Waals surface area contributed by atoms with Crippen molar-refractivity contribution in [3.8, 4) is 11.9 Å². The van der Waals surface area contributed by atoms with Crippen molar-refractivity contribution in [3.63, 3.8) is 0 Å². The molecule has 5 nitrogen and oxygen atoms in total. The first kappa shape index (κ1) is 18.2. The Kier molecular flexibility index (Phi) is 4.92. The summed E-state index contributed by atoms with van der Waals surface area (Å²) in [5.41, 5.74) is -1.81. The summed E-state index contributed by atoms with van der Waals surface area (Å²) in [6, 6.07) is 4.57. The molecule has 0 aliphatic carbocycles. The average molecular weight is 354 g/mol. The van der Waals surface area contributed by atoms with Gasteiger partial charge in [0.05, 0.1) is 16.8 Å². The summed E-state index contributed by atoms with van der Waals surface area (Å²) in [5, 5.41) is 18.0. The van der Waals surface area contributed by atoms with Crippen molar-refractivity contribution in [2.24, 2.45) is 0 Å². The molecule has 0 spiro atoms. The second-order valence-corrected chi connectivity index (χ2v) is 4.98. The molecule has 1 N–H and O–H groups in total. The van der Waals surface area contributed by atoms with Crippen LogP contribution in [0.5, 0.6) is 5.88 Å². The second-order valence-electron chi connectivity index (χ2n) is 4.98. The highest BCUT2D eigenvalue weighted by molar-refractivity contribution is 5.89. The number of nitriles is 1. The summed E-state index contributed by atoms with van der Waals surface area (Å²) >= 11 is 0. The Labute approximate surface area is 139 Å². The molecule has 9 heteroatoms. The molecule has 0 bridgehead atoms. The van der Waals surface area contributed by atoms with Crippen LogP contribution in [-0.2, 0) is 12.8 Å². The zero-order valence-electron chi connectivity index (χ0n) is 12.7. The fourth-order valence-corrected chi connectivity index (χ4v) is 2.00. The Morgan fingerprint density at radius 1 is 1.36 bits per heavy atom. The number of aryl methyl sites for hydroxylation is 1. The minimum absolute atomic E-state index is 0.0472. The molecule has 2 aromatic rings. The van der Waals surface area contributed by atoms with Gasteiger partial charge < -0.3 is 9.84 Å². The number of halogens is 4. The Hall–Kier alpha value is -3.15. The molecule has 0 atom stereocenters. The first-order chi connectivity index (χ1) is 11.6. The van der Waals surface area contributed by atoms with Crippen LogP contribution in [0.25, 0.3) is 0 Å². The lowest BCUT2D eigenvalue weighted by atomic mass is 10.1. The number of benzene rings is 1. The average Bonchev–Trinajstić information content (AvgIpc) is 2.52. The molecule has 1 aromatic heterocycles. The second kappa shape index (κ2) is 6.76. The predicted octanol–water partition coefficient (Wildman–Crippen LogP) is 3.70. The van der Waals surface area contributed by atoms with Crippen LogP contribution in [0.3, 0.4) is 0 Å². The monoisotopic (exact) mass is 354 g/mol. The van der Waals surface area contributed by atoms with Crippen LogP contribution in [0.1, 0.15) is 32.7 Å². The number of pyridine rings is 1. The van der Waals surface area contributed by atoms with Crippen LogP contribution in [0.2, 0.25) is 0 Å². The van der Waals surface area contributed by atoms with Gasteiger partial charge in [0.1, 0.15) is 24.1 Å². The number of carboxylic acid groups (broad SMARTS) is 1. The minimum atomic E-state index is -4.64. The molecule has 1 aromatic carbocycles. The number of ether oxygens (including phenoxy) is 1. The van der Waals surface area contributed by atoms with Gasteiger partial charge >= 0.3 is 12.1 Å². The first-order valence-electron chi connectivity index (χ1n) is 6.77. The zero-order chi connectivity index (χ0) is 18.8. The summed E-state index contributed by atoms with van der Waals surface area (Å²) < 4.78 is 56.9. The van der Waals surface area contributed by atoms with E-state index in [0.717, 1.165) is 6.07 Å². The molecule has 0 aliphatic heterocycles. The van der Waals surface area contributed by atoms with Gasteiger partial charge in [0, 0.05) is 5.56 Å². The van der Waals surface area contributed by atoms with Crippen LogP contribution in [-0.4, -0.2) is 16.1 Å². The molecule has 0 amide bonds. The number of alkyl halides is 3. The fourth-order valence-electron chi connectivity index (χ4n) is 2.00. The third-order valence-electron chi connectivity index (χ3n) is 3.27. The molecule has 0 radical (unpaired) electrons. The highest BCUT2D eigenvalue weighted by Crippen LogP contribution is 2.30. The van der Waals surface area contributed by atoms with Crippen molar-refractivity contribution in [1.29, 1.82) is 5.26 Å². The number of carboxylic acids is 1. The van der Waals surface area contributed by atoms with Crippen LogP contribution < -0.4 is 4.74 Å². The number of aromatic carboxylic acids is 1. The first-order valence-corrected chi connectivity index (χ1v) is 6.77. The molecule has 25 heavy (non-hydrogen) atoms. The number of hydrogen-bond donors (Lipinski definition) is 1. The maximum absolute atomic E-state index is 13.7. The molecular weight excluding hydrogens is 344 g/mol. The maximum atomic E-state index is 13.7. The Morgan fingerprint density at radius 2 is 2.04 bits per heavy atom. The van der Waals surface area contributed by atoms with Gasteiger partial charge in [0.2, 0.25) is 5.88 Å². The van der Waals surface area contributed by atoms with Crippen LogP contribution >= 0.6 is 0 Å². The van der Waals surface area contributed by atoms with Gasteiger partial charge in [-0.05, 0) is 31.2 Å². The molecule has 0 fully saturated rings. The van der Waals surface area contributed by atoms with E-state index < -0.39 is 30.1 Å². The van der Waals surface area contributed by atoms with E-state index in [1.54, 1.807) is 6.07 Å². The smallest absolute Gasteiger partial charge is 0.416 e. The van der Waals surface area contributed by atoms with Crippen molar-refractivity contribution in [2.75, 3.05) is 0 Å². The zero-order valence-corrected chi connectivity index (χ0v) is 12.7. The van der Waals surface area contributed by atoms with Crippen molar-refractivity contribution < 1.29 is 32.2 Å². The van der Waals surface area contributed by atoms with E-state index in [-0.39, 0.29) is 28.3 Å². The largest absolute Gasteiger partial charge is 0.478 e. The van der Waals surface area contributed by atoms with Crippen LogP contribution in [0.4, 0.5) is 17.6 Å². The molecular formula is C16H10F4N2O3. The third kappa shape index (κ3) is 4.03. The van der Waals surface area contributed by atoms with E-state index in [1.165, 1.54) is 6.92 Å². The molecule has 0 unspecified atom stereocenters. The Bertz CT molecular complexity index is 873. The molecule has 0 aliphatic rings. The van der Waals surface area contributed by atoms with E-state index in [2.05, 4.69) is 4.98 Å². The molecule has 1 heterocycles. The molecule has 0 saturated carbocycles. The van der Waals surface area contributed by atoms with E-state index >= 15 is 0 Å². The quantitative estimate of drug-likeness (QED) is 0.847. The van der Waals surface area contributed by atoms with Crippen LogP contribution in [0.15, 0.2) is 24.3 Å². The maximum Gasteiger partial charge on any atom is 0.416 e. The van der Waals surface area contributed by atoms with Crippen molar-refractivity contribution >= 4 is 5.97 Å². The van der Waals surface area contributed by atoms with Crippen molar-refractivity contribution in [3.05, 3.63) is 58.0 Å². The summed E-state index contributed by atoms with van der Waals surface area (Å²) in [7, 11) is 0. The van der Waals surface area contributed by atoms with Gasteiger partial charge in [-0.25, -0.2) is 14.2 Å². The summed E-state index contributed by atoms with van der Waals surface area (Å²) in [6.45, 7) is 0.756. The van der Waals surface area contributed by atoms with E-state index in [9.17, 15) is 22.4 Å². The molecule has 0 saturated heterocycles. The van der Waals surface area contributed by atoms with E-state index in [0.29, 0.717) is 18.2 Å². The van der Waals surface area contributed by atoms with E-state index in [1.807, 2.05) is 0 Å². The van der Waals surface area contributed by atoms with Gasteiger partial charge in [-0.3, -0.25) is 0 Å². The topological polar surface area (TPSA) is 83.2 Å². The fraction of sp³-hybridized carbons (Fsp3) is 0.188. The number of rotatable bonds is 4. The van der Waals surface area contributed by atoms with E-state index in [4.69, 9.17) is 15.1 Å². The lowest BCUT2D eigenvalue weighted by Gasteiger charge is -2.12. The van der Waals surface area contributed by atoms with Gasteiger partial charge in [-0.2, -0.15) is 18.4 Å². The summed E-state index contributed by atoms with van der Waals surface area (Å²) in [6.07, 6.45) is -4.64. The predicted molar refractivity (Wildman–Crippen MR) is 76.4 cm³/mol. The van der Waals surface area contributed by atoms with Gasteiger partial charge in [-0.1, -0.05) is 0 Å². The number of carbonyl (C=O) groups is 1. The standard InChI is InChI=1S/C16H10F4N2O3/c1-8-12(15(23)24)5-9(6-21)14(22-8)25-7-10-4-11(16(18,19)20)2-3-13(10)17/h2-5H,7H2,1H3,(H,23,24). The van der Waals surface area contributed by atoms with Crippen molar-refractivity contribution in [2.45, 2.75) is 19.7 Å². The van der Waals surface area contributed by atoms with Gasteiger partial charge in [0.15, 0.2) is 0 Å². The molecule has 130 valence electrons. The Morgan fingerprint density at radius 3 is 2.60 bits per heavy atom.